The van der Waals surface area contributed by atoms with Crippen LogP contribution in [0.1, 0.15) is 11.1 Å². The highest BCUT2D eigenvalue weighted by Gasteiger charge is 1.99. The van der Waals surface area contributed by atoms with E-state index >= 15 is 0 Å². The molecule has 0 fully saturated rings. The number of carbonyl (C=O) groups excluding carboxylic acids is 1. The molecule has 0 bridgehead atoms. The van der Waals surface area contributed by atoms with Gasteiger partial charge in [-0.2, -0.15) is 0 Å². The Labute approximate surface area is 88.1 Å². The van der Waals surface area contributed by atoms with Crippen molar-refractivity contribution >= 4 is 11.7 Å². The van der Waals surface area contributed by atoms with E-state index in [0.717, 1.165) is 11.1 Å². The first kappa shape index (κ1) is 11.1. The van der Waals surface area contributed by atoms with Crippen molar-refractivity contribution in [3.05, 3.63) is 29.3 Å². The van der Waals surface area contributed by atoms with Crippen LogP contribution in [-0.4, -0.2) is 17.7 Å². The third-order valence-corrected chi connectivity index (χ3v) is 1.81. The van der Waals surface area contributed by atoms with Gasteiger partial charge in [0.2, 0.25) is 0 Å². The molecule has 4 N–H and O–H groups in total. The number of aryl methyl sites for hydroxylation is 1. The number of nitrogens with two attached hydrogens (primary N) is 1. The van der Waals surface area contributed by atoms with Gasteiger partial charge in [-0.3, -0.25) is 0 Å². The molecule has 78 valence electrons. The van der Waals surface area contributed by atoms with Gasteiger partial charge in [0.05, 0.1) is 0 Å². The van der Waals surface area contributed by atoms with Crippen molar-refractivity contribution < 1.29 is 9.90 Å². The molecular formula is C11H12N2O2. The first-order chi connectivity index (χ1) is 7.13. The van der Waals surface area contributed by atoms with Crippen molar-refractivity contribution in [1.29, 1.82) is 0 Å². The molecule has 0 atom stereocenters. The van der Waals surface area contributed by atoms with Crippen LogP contribution in [0.15, 0.2) is 18.2 Å². The molecule has 2 amide bonds. The highest BCUT2D eigenvalue weighted by molar-refractivity contribution is 5.88. The van der Waals surface area contributed by atoms with Crippen LogP contribution in [-0.2, 0) is 0 Å². The number of nitrogens with one attached hydrogen (secondary N) is 1. The predicted molar refractivity (Wildman–Crippen MR) is 58.3 cm³/mol. The van der Waals surface area contributed by atoms with Gasteiger partial charge in [-0.05, 0) is 24.6 Å². The zero-order chi connectivity index (χ0) is 11.3. The van der Waals surface area contributed by atoms with Crippen molar-refractivity contribution in [3.63, 3.8) is 0 Å². The number of primary amides is 1. The van der Waals surface area contributed by atoms with Crippen molar-refractivity contribution in [2.75, 3.05) is 11.9 Å². The van der Waals surface area contributed by atoms with Crippen molar-refractivity contribution in [2.45, 2.75) is 6.92 Å². The van der Waals surface area contributed by atoms with Crippen LogP contribution in [0.4, 0.5) is 10.5 Å². The number of aliphatic hydroxyl groups excluding tert-OH is 1. The Bertz CT molecular complexity index is 430. The molecule has 0 aliphatic rings. The largest absolute Gasteiger partial charge is 0.384 e. The van der Waals surface area contributed by atoms with Gasteiger partial charge in [0.1, 0.15) is 6.61 Å². The van der Waals surface area contributed by atoms with Crippen LogP contribution in [0, 0.1) is 18.8 Å². The predicted octanol–water partition coefficient (Wildman–Crippen LogP) is 0.829. The van der Waals surface area contributed by atoms with Gasteiger partial charge in [0.15, 0.2) is 0 Å². The van der Waals surface area contributed by atoms with E-state index in [1.54, 1.807) is 12.1 Å². The maximum Gasteiger partial charge on any atom is 0.316 e. The minimum absolute atomic E-state index is 0.188. The molecule has 4 heteroatoms. The average Bonchev–Trinajstić information content (AvgIpc) is 2.18. The van der Waals surface area contributed by atoms with E-state index in [4.69, 9.17) is 10.8 Å². The van der Waals surface area contributed by atoms with E-state index in [9.17, 15) is 4.79 Å². The third-order valence-electron chi connectivity index (χ3n) is 1.81. The molecule has 0 saturated carbocycles. The first-order valence-electron chi connectivity index (χ1n) is 4.40. The average molecular weight is 204 g/mol. The zero-order valence-corrected chi connectivity index (χ0v) is 8.37. The molecule has 0 saturated heterocycles. The Balaban J connectivity index is 2.99. The Morgan fingerprint density at radius 2 is 2.33 bits per heavy atom. The summed E-state index contributed by atoms with van der Waals surface area (Å²) in [7, 11) is 0. The van der Waals surface area contributed by atoms with Gasteiger partial charge in [-0.15, -0.1) is 0 Å². The molecule has 0 heterocycles. The van der Waals surface area contributed by atoms with E-state index in [1.165, 1.54) is 0 Å². The molecule has 0 aliphatic carbocycles. The summed E-state index contributed by atoms with van der Waals surface area (Å²) in [6.07, 6.45) is 0. The summed E-state index contributed by atoms with van der Waals surface area (Å²) in [6.45, 7) is 1.71. The lowest BCUT2D eigenvalue weighted by Crippen LogP contribution is -2.19. The quantitative estimate of drug-likeness (QED) is 0.593. The molecular weight excluding hydrogens is 192 g/mol. The van der Waals surface area contributed by atoms with Crippen LogP contribution in [0.5, 0.6) is 0 Å². The molecule has 0 unspecified atom stereocenters. The fourth-order valence-corrected chi connectivity index (χ4v) is 1.11. The summed E-state index contributed by atoms with van der Waals surface area (Å²) in [4.78, 5) is 10.6. The number of rotatable bonds is 1. The normalized spacial score (nSPS) is 8.93. The minimum Gasteiger partial charge on any atom is -0.384 e. The monoisotopic (exact) mass is 204 g/mol. The molecule has 0 spiro atoms. The number of carbonyl (C=O) groups is 1. The zero-order valence-electron chi connectivity index (χ0n) is 8.37. The fourth-order valence-electron chi connectivity index (χ4n) is 1.11. The van der Waals surface area contributed by atoms with Gasteiger partial charge in [-0.1, -0.05) is 17.9 Å². The Kier molecular flexibility index (Phi) is 3.72. The third kappa shape index (κ3) is 3.33. The van der Waals surface area contributed by atoms with Gasteiger partial charge in [0.25, 0.3) is 0 Å². The standard InChI is InChI=1S/C11H12N2O2/c1-8-4-5-10(13-11(12)15)7-9(8)3-2-6-14/h4-5,7,14H,6H2,1H3,(H3,12,13,15). The molecule has 15 heavy (non-hydrogen) atoms. The summed E-state index contributed by atoms with van der Waals surface area (Å²) in [5.74, 6) is 5.33. The Hall–Kier alpha value is -1.99. The van der Waals surface area contributed by atoms with Crippen LogP contribution >= 0.6 is 0 Å². The maximum absolute atomic E-state index is 10.6. The Morgan fingerprint density at radius 1 is 1.60 bits per heavy atom. The van der Waals surface area contributed by atoms with Gasteiger partial charge >= 0.3 is 6.03 Å². The van der Waals surface area contributed by atoms with E-state index in [-0.39, 0.29) is 6.61 Å². The summed E-state index contributed by atoms with van der Waals surface area (Å²) in [5, 5.41) is 11.0. The molecule has 1 rings (SSSR count). The van der Waals surface area contributed by atoms with E-state index in [1.807, 2.05) is 13.0 Å². The molecule has 0 aliphatic heterocycles. The topological polar surface area (TPSA) is 75.3 Å². The lowest BCUT2D eigenvalue weighted by atomic mass is 10.1. The van der Waals surface area contributed by atoms with Crippen molar-refractivity contribution in [2.24, 2.45) is 5.73 Å². The second-order valence-corrected chi connectivity index (χ2v) is 2.98. The van der Waals surface area contributed by atoms with Gasteiger partial charge in [-0.25, -0.2) is 4.79 Å². The summed E-state index contributed by atoms with van der Waals surface area (Å²) < 4.78 is 0. The number of aliphatic hydroxyl groups is 1. The molecule has 0 radical (unpaired) electrons. The van der Waals surface area contributed by atoms with Crippen molar-refractivity contribution in [1.82, 2.24) is 0 Å². The second-order valence-electron chi connectivity index (χ2n) is 2.98. The van der Waals surface area contributed by atoms with Gasteiger partial charge < -0.3 is 16.2 Å². The summed E-state index contributed by atoms with van der Waals surface area (Å²) in [6, 6.07) is 4.67. The number of benzene rings is 1. The summed E-state index contributed by atoms with van der Waals surface area (Å²) in [5.41, 5.74) is 7.32. The van der Waals surface area contributed by atoms with Crippen molar-refractivity contribution in [3.8, 4) is 11.8 Å². The molecule has 4 nitrogen and oxygen atoms in total. The molecule has 0 aromatic heterocycles. The number of urea groups is 1. The molecule has 1 aromatic carbocycles. The van der Waals surface area contributed by atoms with Crippen LogP contribution < -0.4 is 11.1 Å². The van der Waals surface area contributed by atoms with Crippen LogP contribution in [0.25, 0.3) is 0 Å². The van der Waals surface area contributed by atoms with E-state index < -0.39 is 6.03 Å². The highest BCUT2D eigenvalue weighted by Crippen LogP contribution is 2.13. The van der Waals surface area contributed by atoms with Gasteiger partial charge in [0, 0.05) is 11.3 Å². The Morgan fingerprint density at radius 3 is 2.93 bits per heavy atom. The lowest BCUT2D eigenvalue weighted by molar-refractivity contribution is 0.259. The van der Waals surface area contributed by atoms with E-state index in [2.05, 4.69) is 17.2 Å². The number of hydrogen-bond donors (Lipinski definition) is 3. The second kappa shape index (κ2) is 5.03. The first-order valence-corrected chi connectivity index (χ1v) is 4.40. The number of hydrogen-bond acceptors (Lipinski definition) is 2. The van der Waals surface area contributed by atoms with E-state index in [0.29, 0.717) is 5.69 Å². The summed E-state index contributed by atoms with van der Waals surface area (Å²) >= 11 is 0. The lowest BCUT2D eigenvalue weighted by Gasteiger charge is -2.04. The van der Waals surface area contributed by atoms with Crippen LogP contribution in [0.3, 0.4) is 0 Å². The number of anilines is 1. The highest BCUT2D eigenvalue weighted by atomic mass is 16.2. The smallest absolute Gasteiger partial charge is 0.316 e. The fraction of sp³-hybridized carbons (Fsp3) is 0.182. The SMILES string of the molecule is Cc1ccc(NC(N)=O)cc1C#CCO. The maximum atomic E-state index is 10.6. The van der Waals surface area contributed by atoms with Crippen LogP contribution in [0.2, 0.25) is 0 Å². The minimum atomic E-state index is -0.611. The molecule has 1 aromatic rings. The number of amides is 2.